The minimum absolute atomic E-state index is 0.178. The van der Waals surface area contributed by atoms with Gasteiger partial charge in [-0.2, -0.15) is 0 Å². The normalized spacial score (nSPS) is 9.71. The van der Waals surface area contributed by atoms with E-state index < -0.39 is 11.8 Å². The van der Waals surface area contributed by atoms with Crippen LogP contribution in [0.4, 0.5) is 14.9 Å². The van der Waals surface area contributed by atoms with Crippen LogP contribution in [0.1, 0.15) is 5.56 Å². The predicted molar refractivity (Wildman–Crippen MR) is 52.5 cm³/mol. The van der Waals surface area contributed by atoms with E-state index in [1.54, 1.807) is 6.92 Å². The van der Waals surface area contributed by atoms with Crippen LogP contribution in [0.3, 0.4) is 0 Å². The van der Waals surface area contributed by atoms with Gasteiger partial charge in [0.1, 0.15) is 5.82 Å². The quantitative estimate of drug-likeness (QED) is 0.381. The fraction of sp³-hybridized carbons (Fsp3) is 0.125. The first-order valence-electron chi connectivity index (χ1n) is 3.78. The second-order valence-electron chi connectivity index (χ2n) is 2.68. The molecule has 0 aliphatic rings. The van der Waals surface area contributed by atoms with Crippen LogP contribution in [0.2, 0.25) is 5.02 Å². The molecule has 0 aromatic heterocycles. The van der Waals surface area contributed by atoms with Crippen molar-refractivity contribution in [3.8, 4) is 0 Å². The van der Waals surface area contributed by atoms with E-state index in [1.165, 1.54) is 6.07 Å². The number of hydrogen-bond acceptors (Lipinski definition) is 2. The molecule has 2 amide bonds. The molecule has 76 valence electrons. The highest BCUT2D eigenvalue weighted by atomic mass is 35.5. The van der Waals surface area contributed by atoms with Gasteiger partial charge in [-0.3, -0.25) is 5.43 Å². The largest absolute Gasteiger partial charge is 0.333 e. The average Bonchev–Trinajstić information content (AvgIpc) is 2.14. The topological polar surface area (TPSA) is 67.2 Å². The van der Waals surface area contributed by atoms with Crippen LogP contribution in [0.5, 0.6) is 0 Å². The second-order valence-corrected chi connectivity index (χ2v) is 3.09. The van der Waals surface area contributed by atoms with Gasteiger partial charge in [0, 0.05) is 0 Å². The molecule has 4 nitrogen and oxygen atoms in total. The average molecular weight is 218 g/mol. The van der Waals surface area contributed by atoms with Gasteiger partial charge in [0.05, 0.1) is 10.7 Å². The number of nitrogens with two attached hydrogens (primary N) is 1. The Morgan fingerprint density at radius 3 is 2.79 bits per heavy atom. The maximum absolute atomic E-state index is 13.1. The summed E-state index contributed by atoms with van der Waals surface area (Å²) in [5, 5.41) is 2.54. The van der Waals surface area contributed by atoms with Crippen molar-refractivity contribution in [3.63, 3.8) is 0 Å². The SMILES string of the molecule is Cc1cc(Cl)c(NC(=O)NN)cc1F. The molecular weight excluding hydrogens is 209 g/mol. The Morgan fingerprint density at radius 1 is 1.57 bits per heavy atom. The van der Waals surface area contributed by atoms with E-state index in [0.717, 1.165) is 6.07 Å². The van der Waals surface area contributed by atoms with Gasteiger partial charge in [0.15, 0.2) is 0 Å². The molecule has 0 unspecified atom stereocenters. The highest BCUT2D eigenvalue weighted by Gasteiger charge is 2.07. The van der Waals surface area contributed by atoms with E-state index in [9.17, 15) is 9.18 Å². The van der Waals surface area contributed by atoms with E-state index in [1.807, 2.05) is 5.43 Å². The number of urea groups is 1. The van der Waals surface area contributed by atoms with Crippen LogP contribution < -0.4 is 16.6 Å². The maximum atomic E-state index is 13.1. The molecule has 6 heteroatoms. The number of nitrogens with one attached hydrogen (secondary N) is 2. The van der Waals surface area contributed by atoms with Crippen molar-refractivity contribution >= 4 is 23.3 Å². The van der Waals surface area contributed by atoms with Gasteiger partial charge < -0.3 is 5.32 Å². The van der Waals surface area contributed by atoms with E-state index in [-0.39, 0.29) is 10.7 Å². The zero-order valence-corrected chi connectivity index (χ0v) is 8.15. The number of anilines is 1. The lowest BCUT2D eigenvalue weighted by atomic mass is 10.2. The molecule has 14 heavy (non-hydrogen) atoms. The lowest BCUT2D eigenvalue weighted by Crippen LogP contribution is -2.34. The fourth-order valence-electron chi connectivity index (χ4n) is 0.900. The molecule has 0 heterocycles. The van der Waals surface area contributed by atoms with Crippen molar-refractivity contribution in [3.05, 3.63) is 28.5 Å². The third-order valence-corrected chi connectivity index (χ3v) is 1.94. The molecule has 0 saturated carbocycles. The standard InChI is InChI=1S/C8H9ClFN3O/c1-4-2-5(9)7(3-6(4)10)12-8(14)13-11/h2-3H,11H2,1H3,(H2,12,13,14). The van der Waals surface area contributed by atoms with Gasteiger partial charge >= 0.3 is 6.03 Å². The molecule has 0 fully saturated rings. The van der Waals surface area contributed by atoms with Crippen molar-refractivity contribution in [2.45, 2.75) is 6.92 Å². The zero-order valence-electron chi connectivity index (χ0n) is 7.40. The first-order chi connectivity index (χ1) is 6.54. The summed E-state index contributed by atoms with van der Waals surface area (Å²) in [7, 11) is 0. The Balaban J connectivity index is 2.98. The Bertz CT molecular complexity index is 370. The Hall–Kier alpha value is -1.33. The third-order valence-electron chi connectivity index (χ3n) is 1.63. The number of amides is 2. The summed E-state index contributed by atoms with van der Waals surface area (Å²) in [5.74, 6) is 4.40. The Labute approximate surface area is 85.2 Å². The summed E-state index contributed by atoms with van der Waals surface area (Å²) >= 11 is 5.75. The number of benzene rings is 1. The van der Waals surface area contributed by atoms with Gasteiger partial charge in [0.2, 0.25) is 0 Å². The number of carbonyl (C=O) groups is 1. The maximum Gasteiger partial charge on any atom is 0.333 e. The van der Waals surface area contributed by atoms with Crippen molar-refractivity contribution in [1.29, 1.82) is 0 Å². The van der Waals surface area contributed by atoms with Crippen LogP contribution in [0, 0.1) is 12.7 Å². The summed E-state index contributed by atoms with van der Waals surface area (Å²) in [5.41, 5.74) is 2.43. The van der Waals surface area contributed by atoms with Crippen molar-refractivity contribution < 1.29 is 9.18 Å². The Morgan fingerprint density at radius 2 is 2.21 bits per heavy atom. The van der Waals surface area contributed by atoms with Gasteiger partial charge in [-0.25, -0.2) is 15.0 Å². The molecular formula is C8H9ClFN3O. The number of carbonyl (C=O) groups excluding carboxylic acids is 1. The molecule has 0 aliphatic heterocycles. The van der Waals surface area contributed by atoms with Gasteiger partial charge in [0.25, 0.3) is 0 Å². The summed E-state index contributed by atoms with van der Waals surface area (Å²) in [6.07, 6.45) is 0. The lowest BCUT2D eigenvalue weighted by molar-refractivity contribution is 0.252. The Kier molecular flexibility index (Phi) is 3.27. The summed E-state index contributed by atoms with van der Waals surface area (Å²) in [6.45, 7) is 1.58. The highest BCUT2D eigenvalue weighted by molar-refractivity contribution is 6.33. The van der Waals surface area contributed by atoms with Crippen molar-refractivity contribution in [1.82, 2.24) is 5.43 Å². The number of hydrogen-bond donors (Lipinski definition) is 3. The van der Waals surface area contributed by atoms with Crippen molar-refractivity contribution in [2.24, 2.45) is 5.84 Å². The molecule has 1 aromatic carbocycles. The predicted octanol–water partition coefficient (Wildman–Crippen LogP) is 1.78. The van der Waals surface area contributed by atoms with E-state index in [0.29, 0.717) is 5.56 Å². The molecule has 0 saturated heterocycles. The molecule has 0 bridgehead atoms. The minimum Gasteiger partial charge on any atom is -0.305 e. The van der Waals surface area contributed by atoms with Gasteiger partial charge in [-0.05, 0) is 24.6 Å². The first-order valence-corrected chi connectivity index (χ1v) is 4.15. The zero-order chi connectivity index (χ0) is 10.7. The minimum atomic E-state index is -0.657. The summed E-state index contributed by atoms with van der Waals surface area (Å²) in [4.78, 5) is 10.8. The molecule has 1 rings (SSSR count). The molecule has 0 radical (unpaired) electrons. The van der Waals surface area contributed by atoms with Crippen LogP contribution >= 0.6 is 11.6 Å². The summed E-state index contributed by atoms with van der Waals surface area (Å²) in [6, 6.07) is 1.89. The molecule has 0 aliphatic carbocycles. The smallest absolute Gasteiger partial charge is 0.305 e. The van der Waals surface area contributed by atoms with Gasteiger partial charge in [-0.1, -0.05) is 11.6 Å². The van der Waals surface area contributed by atoms with E-state index >= 15 is 0 Å². The van der Waals surface area contributed by atoms with E-state index in [4.69, 9.17) is 17.4 Å². The summed E-state index contributed by atoms with van der Waals surface area (Å²) < 4.78 is 13.1. The molecule has 4 N–H and O–H groups in total. The second kappa shape index (κ2) is 4.26. The lowest BCUT2D eigenvalue weighted by Gasteiger charge is -2.07. The number of rotatable bonds is 1. The number of halogens is 2. The van der Waals surface area contributed by atoms with Crippen LogP contribution in [0.25, 0.3) is 0 Å². The molecule has 1 aromatic rings. The molecule has 0 atom stereocenters. The van der Waals surface area contributed by atoms with Crippen LogP contribution in [0.15, 0.2) is 12.1 Å². The highest BCUT2D eigenvalue weighted by Crippen LogP contribution is 2.24. The van der Waals surface area contributed by atoms with Crippen LogP contribution in [-0.2, 0) is 0 Å². The number of hydrazine groups is 1. The number of aryl methyl sites for hydroxylation is 1. The van der Waals surface area contributed by atoms with Crippen molar-refractivity contribution in [2.75, 3.05) is 5.32 Å². The molecule has 0 spiro atoms. The monoisotopic (exact) mass is 217 g/mol. The van der Waals surface area contributed by atoms with Crippen LogP contribution in [-0.4, -0.2) is 6.03 Å². The first kappa shape index (κ1) is 10.7. The fourth-order valence-corrected chi connectivity index (χ4v) is 1.17. The third kappa shape index (κ3) is 2.34. The van der Waals surface area contributed by atoms with E-state index in [2.05, 4.69) is 5.32 Å². The van der Waals surface area contributed by atoms with Gasteiger partial charge in [-0.15, -0.1) is 0 Å².